The maximum Gasteiger partial charge on any atom is 0.354 e. The third-order valence-electron chi connectivity index (χ3n) is 3.57. The molecule has 104 valence electrons. The van der Waals surface area contributed by atoms with Crippen LogP contribution >= 0.6 is 0 Å². The SMILES string of the molecule is CN(C(=O)c1nc[nH]c1C(=O)O)C1CCCCC1O. The Balaban J connectivity index is 2.18. The number of carboxylic acid groups (broad SMARTS) is 1. The van der Waals surface area contributed by atoms with Crippen molar-refractivity contribution < 1.29 is 19.8 Å². The summed E-state index contributed by atoms with van der Waals surface area (Å²) in [6, 6.07) is -0.278. The molecule has 1 aliphatic carbocycles. The molecule has 2 rings (SSSR count). The summed E-state index contributed by atoms with van der Waals surface area (Å²) in [7, 11) is 1.57. The molecule has 19 heavy (non-hydrogen) atoms. The highest BCUT2D eigenvalue weighted by Crippen LogP contribution is 2.23. The Hall–Kier alpha value is -1.89. The number of hydrogen-bond acceptors (Lipinski definition) is 4. The number of carbonyl (C=O) groups is 2. The van der Waals surface area contributed by atoms with Crippen molar-refractivity contribution in [1.29, 1.82) is 0 Å². The van der Waals surface area contributed by atoms with Crippen LogP contribution < -0.4 is 0 Å². The monoisotopic (exact) mass is 267 g/mol. The highest BCUT2D eigenvalue weighted by atomic mass is 16.4. The Bertz CT molecular complexity index is 485. The van der Waals surface area contributed by atoms with Crippen molar-refractivity contribution in [2.24, 2.45) is 0 Å². The van der Waals surface area contributed by atoms with Crippen LogP contribution in [0.5, 0.6) is 0 Å². The van der Waals surface area contributed by atoms with E-state index in [0.29, 0.717) is 6.42 Å². The van der Waals surface area contributed by atoms with E-state index in [1.165, 1.54) is 11.2 Å². The number of rotatable bonds is 3. The predicted molar refractivity (Wildman–Crippen MR) is 65.9 cm³/mol. The van der Waals surface area contributed by atoms with E-state index >= 15 is 0 Å². The zero-order valence-corrected chi connectivity index (χ0v) is 10.7. The lowest BCUT2D eigenvalue weighted by atomic mass is 9.91. The molecule has 1 heterocycles. The van der Waals surface area contributed by atoms with Crippen molar-refractivity contribution in [2.45, 2.75) is 37.8 Å². The number of imidazole rings is 1. The van der Waals surface area contributed by atoms with E-state index in [4.69, 9.17) is 5.11 Å². The molecule has 2 unspecified atom stereocenters. The number of aliphatic hydroxyl groups excluding tert-OH is 1. The molecule has 0 saturated heterocycles. The lowest BCUT2D eigenvalue weighted by molar-refractivity contribution is 0.0262. The first-order chi connectivity index (χ1) is 9.02. The fourth-order valence-electron chi connectivity index (χ4n) is 2.48. The van der Waals surface area contributed by atoms with E-state index in [-0.39, 0.29) is 17.4 Å². The minimum atomic E-state index is -1.22. The van der Waals surface area contributed by atoms with Gasteiger partial charge in [-0.15, -0.1) is 0 Å². The van der Waals surface area contributed by atoms with Crippen LogP contribution in [0.25, 0.3) is 0 Å². The highest BCUT2D eigenvalue weighted by molar-refractivity contribution is 6.02. The molecular weight excluding hydrogens is 250 g/mol. The number of likely N-dealkylation sites (N-methyl/N-ethyl adjacent to an activating group) is 1. The Labute approximate surface area is 110 Å². The van der Waals surface area contributed by atoms with E-state index in [9.17, 15) is 14.7 Å². The van der Waals surface area contributed by atoms with Gasteiger partial charge in [-0.3, -0.25) is 4.79 Å². The highest BCUT2D eigenvalue weighted by Gasteiger charge is 2.32. The second kappa shape index (κ2) is 5.40. The smallest absolute Gasteiger partial charge is 0.354 e. The molecule has 0 spiro atoms. The predicted octanol–water partition coefficient (Wildman–Crippen LogP) is 0.483. The molecule has 0 radical (unpaired) electrons. The Morgan fingerprint density at radius 2 is 2.11 bits per heavy atom. The number of H-pyrrole nitrogens is 1. The number of aromatic amines is 1. The maximum atomic E-state index is 12.2. The first-order valence-corrected chi connectivity index (χ1v) is 6.24. The molecule has 2 atom stereocenters. The van der Waals surface area contributed by atoms with E-state index in [2.05, 4.69) is 9.97 Å². The number of nitrogens with one attached hydrogen (secondary N) is 1. The van der Waals surface area contributed by atoms with Crippen molar-refractivity contribution in [2.75, 3.05) is 7.05 Å². The largest absolute Gasteiger partial charge is 0.477 e. The second-order valence-electron chi connectivity index (χ2n) is 4.77. The van der Waals surface area contributed by atoms with Gasteiger partial charge in [-0.1, -0.05) is 12.8 Å². The minimum absolute atomic E-state index is 0.118. The first-order valence-electron chi connectivity index (χ1n) is 6.24. The molecule has 0 bridgehead atoms. The normalized spacial score (nSPS) is 23.1. The second-order valence-corrected chi connectivity index (χ2v) is 4.77. The van der Waals surface area contributed by atoms with Gasteiger partial charge in [-0.2, -0.15) is 0 Å². The van der Waals surface area contributed by atoms with Crippen LogP contribution in [-0.4, -0.2) is 56.2 Å². The average Bonchev–Trinajstić information content (AvgIpc) is 2.87. The first kappa shape index (κ1) is 13.5. The van der Waals surface area contributed by atoms with Crippen LogP contribution in [0.15, 0.2) is 6.33 Å². The number of aliphatic hydroxyl groups is 1. The third-order valence-corrected chi connectivity index (χ3v) is 3.57. The van der Waals surface area contributed by atoms with E-state index in [1.807, 2.05) is 0 Å². The van der Waals surface area contributed by atoms with Gasteiger partial charge in [-0.25, -0.2) is 9.78 Å². The fraction of sp³-hybridized carbons (Fsp3) is 0.583. The molecule has 1 aromatic heterocycles. The summed E-state index contributed by atoms with van der Waals surface area (Å²) in [5, 5.41) is 18.9. The standard InChI is InChI=1S/C12H17N3O4/c1-15(7-4-2-3-5-8(7)16)11(17)9-10(12(18)19)14-6-13-9/h6-8,16H,2-5H2,1H3,(H,13,14)(H,18,19). The van der Waals surface area contributed by atoms with Crippen LogP contribution in [0.1, 0.15) is 46.7 Å². The zero-order chi connectivity index (χ0) is 14.0. The lowest BCUT2D eigenvalue weighted by Gasteiger charge is -2.34. The summed E-state index contributed by atoms with van der Waals surface area (Å²) < 4.78 is 0. The number of amides is 1. The van der Waals surface area contributed by atoms with Gasteiger partial charge in [0.25, 0.3) is 5.91 Å². The number of aromatic nitrogens is 2. The topological polar surface area (TPSA) is 107 Å². The van der Waals surface area contributed by atoms with Gasteiger partial charge >= 0.3 is 5.97 Å². The Kier molecular flexibility index (Phi) is 3.84. The van der Waals surface area contributed by atoms with Gasteiger partial charge < -0.3 is 20.1 Å². The summed E-state index contributed by atoms with van der Waals surface area (Å²) in [5.74, 6) is -1.71. The quantitative estimate of drug-likeness (QED) is 0.738. The van der Waals surface area contributed by atoms with Crippen molar-refractivity contribution in [3.05, 3.63) is 17.7 Å². The molecular formula is C12H17N3O4. The molecule has 7 heteroatoms. The molecule has 1 amide bonds. The molecule has 1 aromatic rings. The van der Waals surface area contributed by atoms with Crippen LogP contribution in [0, 0.1) is 0 Å². The van der Waals surface area contributed by atoms with E-state index in [1.54, 1.807) is 7.05 Å². The summed E-state index contributed by atoms with van der Waals surface area (Å²) in [4.78, 5) is 30.8. The Morgan fingerprint density at radius 3 is 2.74 bits per heavy atom. The minimum Gasteiger partial charge on any atom is -0.477 e. The molecule has 3 N–H and O–H groups in total. The number of nitrogens with zero attached hydrogens (tertiary/aromatic N) is 2. The lowest BCUT2D eigenvalue weighted by Crippen LogP contribution is -2.46. The maximum absolute atomic E-state index is 12.2. The van der Waals surface area contributed by atoms with Crippen LogP contribution in [0.4, 0.5) is 0 Å². The zero-order valence-electron chi connectivity index (χ0n) is 10.7. The van der Waals surface area contributed by atoms with Crippen LogP contribution in [0.2, 0.25) is 0 Å². The fourth-order valence-corrected chi connectivity index (χ4v) is 2.48. The van der Waals surface area contributed by atoms with Crippen molar-refractivity contribution in [3.8, 4) is 0 Å². The number of carboxylic acids is 1. The summed E-state index contributed by atoms with van der Waals surface area (Å²) in [5.41, 5.74) is -0.338. The van der Waals surface area contributed by atoms with Crippen molar-refractivity contribution >= 4 is 11.9 Å². The molecule has 1 aliphatic rings. The van der Waals surface area contributed by atoms with E-state index in [0.717, 1.165) is 19.3 Å². The number of aromatic carboxylic acids is 1. The molecule has 1 fully saturated rings. The number of carbonyl (C=O) groups excluding carboxylic acids is 1. The van der Waals surface area contributed by atoms with Gasteiger partial charge in [0.2, 0.25) is 0 Å². The van der Waals surface area contributed by atoms with Crippen molar-refractivity contribution in [1.82, 2.24) is 14.9 Å². The number of hydrogen-bond donors (Lipinski definition) is 3. The van der Waals surface area contributed by atoms with Crippen molar-refractivity contribution in [3.63, 3.8) is 0 Å². The summed E-state index contributed by atoms with van der Waals surface area (Å²) in [6.07, 6.45) is 3.90. The Morgan fingerprint density at radius 1 is 1.42 bits per heavy atom. The third kappa shape index (κ3) is 2.60. The summed E-state index contributed by atoms with van der Waals surface area (Å²) >= 11 is 0. The average molecular weight is 267 g/mol. The van der Waals surface area contributed by atoms with Gasteiger partial charge in [0, 0.05) is 7.05 Å². The van der Waals surface area contributed by atoms with Gasteiger partial charge in [0.15, 0.2) is 11.4 Å². The molecule has 0 aromatic carbocycles. The van der Waals surface area contributed by atoms with Gasteiger partial charge in [0.05, 0.1) is 18.5 Å². The summed E-state index contributed by atoms with van der Waals surface area (Å²) in [6.45, 7) is 0. The van der Waals surface area contributed by atoms with Crippen LogP contribution in [0.3, 0.4) is 0 Å². The van der Waals surface area contributed by atoms with Gasteiger partial charge in [0.1, 0.15) is 0 Å². The molecule has 0 aliphatic heterocycles. The van der Waals surface area contributed by atoms with E-state index < -0.39 is 18.0 Å². The van der Waals surface area contributed by atoms with Gasteiger partial charge in [-0.05, 0) is 12.8 Å². The molecule has 1 saturated carbocycles. The molecule has 7 nitrogen and oxygen atoms in total. The van der Waals surface area contributed by atoms with Crippen LogP contribution in [-0.2, 0) is 0 Å².